The number of aromatic nitrogens is 3. The van der Waals surface area contributed by atoms with Gasteiger partial charge in [-0.25, -0.2) is 9.97 Å². The Labute approximate surface area is 215 Å². The number of hydrogen-bond acceptors (Lipinski definition) is 5. The van der Waals surface area contributed by atoms with Gasteiger partial charge in [-0.15, -0.1) is 0 Å². The number of nitrogens with zero attached hydrogens (tertiary/aromatic N) is 3. The minimum Gasteiger partial charge on any atom is -0.368 e. The third kappa shape index (κ3) is 5.36. The summed E-state index contributed by atoms with van der Waals surface area (Å²) >= 11 is 0. The van der Waals surface area contributed by atoms with E-state index in [0.29, 0.717) is 29.9 Å². The molecular formula is C29H26N6O2. The van der Waals surface area contributed by atoms with Crippen molar-refractivity contribution in [3.8, 4) is 23.2 Å². The standard InChI is InChI=1S/C29H26N6O2/c1-35-24-12-13-31-28(37)23(24)16-25(35)27-22(18-33-29(30)34-27)11-10-19-8-5-9-21(14-19)15-26(36)32-17-20-6-3-2-4-7-20/h2-9,14,16,18H,12-13,15,17H2,1H3,(H,31,37)(H,32,36)(H2,30,33,34). The number of rotatable bonds is 5. The zero-order chi connectivity index (χ0) is 25.8. The summed E-state index contributed by atoms with van der Waals surface area (Å²) in [5.41, 5.74) is 12.1. The summed E-state index contributed by atoms with van der Waals surface area (Å²) in [6.45, 7) is 1.09. The van der Waals surface area contributed by atoms with Crippen molar-refractivity contribution < 1.29 is 9.59 Å². The molecule has 0 fully saturated rings. The summed E-state index contributed by atoms with van der Waals surface area (Å²) in [5, 5.41) is 5.82. The molecule has 2 aromatic heterocycles. The van der Waals surface area contributed by atoms with Gasteiger partial charge < -0.3 is 20.9 Å². The Hall–Kier alpha value is -4.90. The number of amides is 2. The Bertz CT molecular complexity index is 1550. The van der Waals surface area contributed by atoms with E-state index in [4.69, 9.17) is 5.73 Å². The number of nitrogen functional groups attached to an aromatic ring is 1. The highest BCUT2D eigenvalue weighted by Gasteiger charge is 2.24. The molecule has 5 rings (SSSR count). The molecule has 0 spiro atoms. The van der Waals surface area contributed by atoms with Crippen LogP contribution < -0.4 is 16.4 Å². The smallest absolute Gasteiger partial charge is 0.253 e. The SMILES string of the molecule is Cn1c(-c2nc(N)ncc2C#Cc2cccc(CC(=O)NCc3ccccc3)c2)cc2c1CCNC2=O. The van der Waals surface area contributed by atoms with E-state index in [1.165, 1.54) is 0 Å². The normalized spacial score (nSPS) is 12.2. The lowest BCUT2D eigenvalue weighted by molar-refractivity contribution is -0.120. The Morgan fingerprint density at radius 2 is 1.92 bits per heavy atom. The maximum absolute atomic E-state index is 12.4. The van der Waals surface area contributed by atoms with Crippen LogP contribution >= 0.6 is 0 Å². The molecule has 0 aliphatic carbocycles. The first-order valence-corrected chi connectivity index (χ1v) is 12.0. The molecule has 0 unspecified atom stereocenters. The van der Waals surface area contributed by atoms with Crippen LogP contribution in [0.2, 0.25) is 0 Å². The zero-order valence-corrected chi connectivity index (χ0v) is 20.4. The number of carbonyl (C=O) groups is 2. The first-order chi connectivity index (χ1) is 18.0. The molecule has 0 radical (unpaired) electrons. The predicted octanol–water partition coefficient (Wildman–Crippen LogP) is 2.61. The molecule has 0 atom stereocenters. The van der Waals surface area contributed by atoms with Crippen molar-refractivity contribution in [3.05, 3.63) is 100 Å². The zero-order valence-electron chi connectivity index (χ0n) is 20.4. The van der Waals surface area contributed by atoms with Crippen LogP contribution in [0, 0.1) is 11.8 Å². The van der Waals surface area contributed by atoms with Gasteiger partial charge in [0.05, 0.1) is 23.2 Å². The second-order valence-electron chi connectivity index (χ2n) is 8.83. The van der Waals surface area contributed by atoms with Gasteiger partial charge in [-0.1, -0.05) is 54.3 Å². The van der Waals surface area contributed by atoms with Crippen LogP contribution in [0.5, 0.6) is 0 Å². The van der Waals surface area contributed by atoms with E-state index >= 15 is 0 Å². The Morgan fingerprint density at radius 1 is 1.11 bits per heavy atom. The predicted molar refractivity (Wildman–Crippen MR) is 141 cm³/mol. The van der Waals surface area contributed by atoms with E-state index < -0.39 is 0 Å². The van der Waals surface area contributed by atoms with E-state index in [-0.39, 0.29) is 24.2 Å². The van der Waals surface area contributed by atoms with Crippen LogP contribution in [0.1, 0.15) is 38.3 Å². The summed E-state index contributed by atoms with van der Waals surface area (Å²) in [4.78, 5) is 33.3. The van der Waals surface area contributed by atoms with Crippen LogP contribution in [-0.2, 0) is 31.2 Å². The van der Waals surface area contributed by atoms with Crippen molar-refractivity contribution in [3.63, 3.8) is 0 Å². The lowest BCUT2D eigenvalue weighted by Gasteiger charge is -2.14. The summed E-state index contributed by atoms with van der Waals surface area (Å²) in [5.74, 6) is 6.30. The van der Waals surface area contributed by atoms with Gasteiger partial charge in [-0.2, -0.15) is 0 Å². The molecule has 1 aliphatic rings. The van der Waals surface area contributed by atoms with Gasteiger partial charge in [-0.05, 0) is 29.3 Å². The number of anilines is 1. The van der Waals surface area contributed by atoms with E-state index in [2.05, 4.69) is 32.4 Å². The van der Waals surface area contributed by atoms with Crippen molar-refractivity contribution in [2.24, 2.45) is 7.05 Å². The molecule has 0 bridgehead atoms. The fraction of sp³-hybridized carbons (Fsp3) is 0.172. The molecule has 184 valence electrons. The highest BCUT2D eigenvalue weighted by atomic mass is 16.2. The third-order valence-corrected chi connectivity index (χ3v) is 6.27. The van der Waals surface area contributed by atoms with Crippen molar-refractivity contribution in [1.82, 2.24) is 25.2 Å². The van der Waals surface area contributed by atoms with Crippen LogP contribution in [0.4, 0.5) is 5.95 Å². The first-order valence-electron chi connectivity index (χ1n) is 12.0. The highest BCUT2D eigenvalue weighted by molar-refractivity contribution is 5.98. The minimum atomic E-state index is -0.0950. The summed E-state index contributed by atoms with van der Waals surface area (Å²) in [6, 6.07) is 19.2. The molecule has 8 nitrogen and oxygen atoms in total. The molecule has 8 heteroatoms. The molecule has 4 aromatic rings. The average molecular weight is 491 g/mol. The number of nitrogens with two attached hydrogens (primary N) is 1. The lowest BCUT2D eigenvalue weighted by atomic mass is 10.1. The molecule has 3 heterocycles. The number of benzene rings is 2. The van der Waals surface area contributed by atoms with E-state index in [1.54, 1.807) is 6.20 Å². The van der Waals surface area contributed by atoms with Crippen LogP contribution in [0.3, 0.4) is 0 Å². The Balaban J connectivity index is 1.37. The summed E-state index contributed by atoms with van der Waals surface area (Å²) in [7, 11) is 1.91. The Morgan fingerprint density at radius 3 is 2.73 bits per heavy atom. The van der Waals surface area contributed by atoms with E-state index in [1.807, 2.05) is 72.3 Å². The average Bonchev–Trinajstić information content (AvgIpc) is 3.25. The summed E-state index contributed by atoms with van der Waals surface area (Å²) in [6.07, 6.45) is 2.60. The molecule has 1 aliphatic heterocycles. The van der Waals surface area contributed by atoms with Crippen molar-refractivity contribution in [2.75, 3.05) is 12.3 Å². The van der Waals surface area contributed by atoms with Crippen LogP contribution in [-0.4, -0.2) is 32.9 Å². The highest BCUT2D eigenvalue weighted by Crippen LogP contribution is 2.28. The third-order valence-electron chi connectivity index (χ3n) is 6.27. The molecule has 2 aromatic carbocycles. The monoisotopic (exact) mass is 490 g/mol. The number of nitrogens with one attached hydrogen (secondary N) is 2. The van der Waals surface area contributed by atoms with Gasteiger partial charge >= 0.3 is 0 Å². The number of hydrogen-bond donors (Lipinski definition) is 3. The molecule has 37 heavy (non-hydrogen) atoms. The lowest BCUT2D eigenvalue weighted by Crippen LogP contribution is -2.31. The van der Waals surface area contributed by atoms with Crippen molar-refractivity contribution >= 4 is 17.8 Å². The van der Waals surface area contributed by atoms with Gasteiger partial charge in [0.2, 0.25) is 11.9 Å². The van der Waals surface area contributed by atoms with Gasteiger partial charge in [-0.3, -0.25) is 9.59 Å². The van der Waals surface area contributed by atoms with Crippen molar-refractivity contribution in [1.29, 1.82) is 0 Å². The largest absolute Gasteiger partial charge is 0.368 e. The Kier molecular flexibility index (Phi) is 6.68. The van der Waals surface area contributed by atoms with Crippen LogP contribution in [0.15, 0.2) is 66.9 Å². The number of carbonyl (C=O) groups excluding carboxylic acids is 2. The molecule has 0 saturated carbocycles. The van der Waals surface area contributed by atoms with Crippen molar-refractivity contribution in [2.45, 2.75) is 19.4 Å². The van der Waals surface area contributed by atoms with Gasteiger partial charge in [0, 0.05) is 44.0 Å². The maximum Gasteiger partial charge on any atom is 0.253 e. The topological polar surface area (TPSA) is 115 Å². The van der Waals surface area contributed by atoms with E-state index in [9.17, 15) is 9.59 Å². The van der Waals surface area contributed by atoms with Crippen LogP contribution in [0.25, 0.3) is 11.4 Å². The quantitative estimate of drug-likeness (QED) is 0.372. The maximum atomic E-state index is 12.4. The fourth-order valence-corrected chi connectivity index (χ4v) is 4.38. The summed E-state index contributed by atoms with van der Waals surface area (Å²) < 4.78 is 1.97. The minimum absolute atomic E-state index is 0.0557. The van der Waals surface area contributed by atoms with E-state index in [0.717, 1.165) is 34.5 Å². The second kappa shape index (κ2) is 10.4. The first kappa shape index (κ1) is 23.8. The van der Waals surface area contributed by atoms with Gasteiger partial charge in [0.25, 0.3) is 5.91 Å². The number of fused-ring (bicyclic) bond motifs is 1. The van der Waals surface area contributed by atoms with Gasteiger partial charge in [0.15, 0.2) is 0 Å². The molecule has 0 saturated heterocycles. The molecular weight excluding hydrogens is 464 g/mol. The molecule has 2 amide bonds. The van der Waals surface area contributed by atoms with Gasteiger partial charge in [0.1, 0.15) is 5.69 Å². The second-order valence-corrected chi connectivity index (χ2v) is 8.83. The fourth-order valence-electron chi connectivity index (χ4n) is 4.38. The molecule has 4 N–H and O–H groups in total.